The highest BCUT2D eigenvalue weighted by molar-refractivity contribution is 5.95. The van der Waals surface area contributed by atoms with Gasteiger partial charge in [-0.15, -0.1) is 10.1 Å². The molecule has 1 aromatic carbocycles. The van der Waals surface area contributed by atoms with Gasteiger partial charge in [0.15, 0.2) is 0 Å². The second kappa shape index (κ2) is 8.17. The van der Waals surface area contributed by atoms with Crippen LogP contribution in [-0.4, -0.2) is 30.3 Å². The number of aromatic nitrogens is 1. The normalized spacial score (nSPS) is 10.5. The van der Waals surface area contributed by atoms with Crippen LogP contribution < -0.4 is 10.1 Å². The summed E-state index contributed by atoms with van der Waals surface area (Å²) in [5, 5.41) is 13.7. The molecule has 124 valence electrons. The number of pyridine rings is 1. The fraction of sp³-hybridized carbons (Fsp3) is 0.438. The Kier molecular flexibility index (Phi) is 5.96. The van der Waals surface area contributed by atoms with Crippen LogP contribution in [0.4, 0.5) is 5.69 Å². The molecule has 0 radical (unpaired) electrons. The van der Waals surface area contributed by atoms with Gasteiger partial charge in [0.05, 0.1) is 13.7 Å². The predicted octanol–water partition coefficient (Wildman–Crippen LogP) is 3.34. The van der Waals surface area contributed by atoms with Gasteiger partial charge in [-0.3, -0.25) is 0 Å². The quantitative estimate of drug-likeness (QED) is 0.433. The molecule has 0 bridgehead atoms. The average Bonchev–Trinajstić information content (AvgIpc) is 2.52. The first-order valence-corrected chi connectivity index (χ1v) is 7.57. The minimum Gasteiger partial charge on any atom is -0.494 e. The Morgan fingerprint density at radius 1 is 1.30 bits per heavy atom. The van der Waals surface area contributed by atoms with Crippen LogP contribution in [0.1, 0.15) is 25.0 Å². The standard InChI is InChI=1S/C16H21N3O4/c1-12-11-14(17-9-4-3-5-10-23-19(20)21)13-7-6-8-15(22-2)16(13)18-12/h6-8,11H,3-5,9-10H2,1-2H3,(H,17,18). The molecule has 2 aromatic rings. The molecule has 0 spiro atoms. The van der Waals surface area contributed by atoms with Crippen LogP contribution in [0.25, 0.3) is 10.9 Å². The maximum absolute atomic E-state index is 10.0. The highest BCUT2D eigenvalue weighted by atomic mass is 16.9. The summed E-state index contributed by atoms with van der Waals surface area (Å²) in [7, 11) is 1.64. The number of fused-ring (bicyclic) bond motifs is 1. The van der Waals surface area contributed by atoms with Crippen molar-refractivity contribution in [2.45, 2.75) is 26.2 Å². The van der Waals surface area contributed by atoms with Gasteiger partial charge in [-0.1, -0.05) is 12.1 Å². The smallest absolute Gasteiger partial charge is 0.294 e. The second-order valence-electron chi connectivity index (χ2n) is 5.21. The van der Waals surface area contributed by atoms with E-state index in [1.165, 1.54) is 0 Å². The van der Waals surface area contributed by atoms with E-state index in [4.69, 9.17) is 4.74 Å². The summed E-state index contributed by atoms with van der Waals surface area (Å²) in [4.78, 5) is 18.9. The lowest BCUT2D eigenvalue weighted by Crippen LogP contribution is -2.05. The molecular formula is C16H21N3O4. The van der Waals surface area contributed by atoms with Crippen molar-refractivity contribution < 1.29 is 14.7 Å². The van der Waals surface area contributed by atoms with Crippen LogP contribution in [0.5, 0.6) is 5.75 Å². The lowest BCUT2D eigenvalue weighted by Gasteiger charge is -2.12. The van der Waals surface area contributed by atoms with E-state index in [0.717, 1.165) is 47.4 Å². The Hall–Kier alpha value is -2.57. The second-order valence-corrected chi connectivity index (χ2v) is 5.21. The van der Waals surface area contributed by atoms with Crippen molar-refractivity contribution in [2.24, 2.45) is 0 Å². The van der Waals surface area contributed by atoms with E-state index >= 15 is 0 Å². The highest BCUT2D eigenvalue weighted by Crippen LogP contribution is 2.29. The molecule has 0 aliphatic carbocycles. The maximum Gasteiger partial charge on any atom is 0.294 e. The molecule has 7 nitrogen and oxygen atoms in total. The van der Waals surface area contributed by atoms with Crippen molar-refractivity contribution in [1.29, 1.82) is 0 Å². The summed E-state index contributed by atoms with van der Waals surface area (Å²) >= 11 is 0. The number of anilines is 1. The highest BCUT2D eigenvalue weighted by Gasteiger charge is 2.08. The molecule has 1 N–H and O–H groups in total. The van der Waals surface area contributed by atoms with E-state index in [2.05, 4.69) is 15.1 Å². The average molecular weight is 319 g/mol. The van der Waals surface area contributed by atoms with Gasteiger partial charge in [-0.2, -0.15) is 0 Å². The fourth-order valence-electron chi connectivity index (χ4n) is 2.43. The van der Waals surface area contributed by atoms with E-state index in [9.17, 15) is 10.1 Å². The number of rotatable bonds is 9. The Balaban J connectivity index is 1.94. The molecular weight excluding hydrogens is 298 g/mol. The molecule has 1 heterocycles. The summed E-state index contributed by atoms with van der Waals surface area (Å²) < 4.78 is 5.37. The maximum atomic E-state index is 10.0. The zero-order chi connectivity index (χ0) is 16.7. The van der Waals surface area contributed by atoms with Gasteiger partial charge < -0.3 is 14.9 Å². The van der Waals surface area contributed by atoms with Crippen molar-refractivity contribution in [1.82, 2.24) is 4.98 Å². The van der Waals surface area contributed by atoms with Crippen molar-refractivity contribution in [3.8, 4) is 5.75 Å². The van der Waals surface area contributed by atoms with Crippen LogP contribution in [0.2, 0.25) is 0 Å². The van der Waals surface area contributed by atoms with Gasteiger partial charge in [0.1, 0.15) is 11.3 Å². The van der Waals surface area contributed by atoms with Gasteiger partial charge in [-0.05, 0) is 38.3 Å². The number of nitrogens with one attached hydrogen (secondary N) is 1. The lowest BCUT2D eigenvalue weighted by atomic mass is 10.1. The summed E-state index contributed by atoms with van der Waals surface area (Å²) in [6.45, 7) is 2.89. The number of benzene rings is 1. The number of aryl methyl sites for hydroxylation is 1. The van der Waals surface area contributed by atoms with Gasteiger partial charge >= 0.3 is 0 Å². The molecule has 7 heteroatoms. The number of hydrogen-bond acceptors (Lipinski definition) is 6. The van der Waals surface area contributed by atoms with Crippen LogP contribution in [0.15, 0.2) is 24.3 Å². The van der Waals surface area contributed by atoms with Crippen molar-refractivity contribution in [3.05, 3.63) is 40.1 Å². The van der Waals surface area contributed by atoms with Gasteiger partial charge in [0.2, 0.25) is 0 Å². The molecule has 2 rings (SSSR count). The summed E-state index contributed by atoms with van der Waals surface area (Å²) in [5.41, 5.74) is 2.79. The van der Waals surface area contributed by atoms with Crippen molar-refractivity contribution >= 4 is 16.6 Å². The number of hydrogen-bond donors (Lipinski definition) is 1. The monoisotopic (exact) mass is 319 g/mol. The minimum atomic E-state index is -0.752. The Morgan fingerprint density at radius 2 is 2.13 bits per heavy atom. The Bertz CT molecular complexity index is 676. The molecule has 23 heavy (non-hydrogen) atoms. The first kappa shape index (κ1) is 16.8. The van der Waals surface area contributed by atoms with E-state index in [1.807, 2.05) is 31.2 Å². The van der Waals surface area contributed by atoms with E-state index in [1.54, 1.807) is 7.11 Å². The third-order valence-corrected chi connectivity index (χ3v) is 3.48. The zero-order valence-electron chi connectivity index (χ0n) is 13.4. The van der Waals surface area contributed by atoms with E-state index < -0.39 is 5.09 Å². The summed E-state index contributed by atoms with van der Waals surface area (Å²) in [5.74, 6) is 0.756. The predicted molar refractivity (Wildman–Crippen MR) is 88.3 cm³/mol. The largest absolute Gasteiger partial charge is 0.494 e. The van der Waals surface area contributed by atoms with Crippen molar-refractivity contribution in [2.75, 3.05) is 25.6 Å². The number of ether oxygens (including phenoxy) is 1. The molecule has 1 aromatic heterocycles. The molecule has 0 unspecified atom stereocenters. The number of para-hydroxylation sites is 1. The lowest BCUT2D eigenvalue weighted by molar-refractivity contribution is -0.757. The van der Waals surface area contributed by atoms with E-state index in [0.29, 0.717) is 6.42 Å². The topological polar surface area (TPSA) is 86.5 Å². The third kappa shape index (κ3) is 4.70. The summed E-state index contributed by atoms with van der Waals surface area (Å²) in [6, 6.07) is 7.86. The van der Waals surface area contributed by atoms with Crippen LogP contribution in [0, 0.1) is 17.0 Å². The first-order valence-electron chi connectivity index (χ1n) is 7.57. The minimum absolute atomic E-state index is 0.154. The van der Waals surface area contributed by atoms with Gasteiger partial charge in [0, 0.05) is 23.3 Å². The van der Waals surface area contributed by atoms with Crippen LogP contribution >= 0.6 is 0 Å². The number of unbranched alkanes of at least 4 members (excludes halogenated alkanes) is 2. The first-order chi connectivity index (χ1) is 11.1. The summed E-state index contributed by atoms with van der Waals surface area (Å²) in [6.07, 6.45) is 2.45. The molecule has 0 saturated heterocycles. The molecule has 0 fully saturated rings. The SMILES string of the molecule is COc1cccc2c(NCCCCCO[N+](=O)[O-])cc(C)nc12. The number of methoxy groups -OCH3 is 1. The molecule has 0 aliphatic rings. The molecule has 0 atom stereocenters. The third-order valence-electron chi connectivity index (χ3n) is 3.48. The van der Waals surface area contributed by atoms with Crippen LogP contribution in [0.3, 0.4) is 0 Å². The molecule has 0 saturated carbocycles. The van der Waals surface area contributed by atoms with Gasteiger partial charge in [-0.25, -0.2) is 4.98 Å². The number of nitrogens with zero attached hydrogens (tertiary/aromatic N) is 2. The Morgan fingerprint density at radius 3 is 2.87 bits per heavy atom. The van der Waals surface area contributed by atoms with E-state index in [-0.39, 0.29) is 6.61 Å². The zero-order valence-corrected chi connectivity index (χ0v) is 13.4. The van der Waals surface area contributed by atoms with Crippen LogP contribution in [-0.2, 0) is 4.84 Å². The molecule has 0 amide bonds. The van der Waals surface area contributed by atoms with Gasteiger partial charge in [0.25, 0.3) is 5.09 Å². The molecule has 0 aliphatic heterocycles. The fourth-order valence-corrected chi connectivity index (χ4v) is 2.43. The van der Waals surface area contributed by atoms with Crippen molar-refractivity contribution in [3.63, 3.8) is 0 Å². The Labute approximate surface area is 134 Å².